The molecule has 0 saturated heterocycles. The molecule has 0 aliphatic heterocycles. The molecule has 4 nitrogen and oxygen atoms in total. The fraction of sp³-hybridized carbons (Fsp3) is 0.444. The average Bonchev–Trinajstić information content (AvgIpc) is 2.63. The Kier molecular flexibility index (Phi) is 5.52. The van der Waals surface area contributed by atoms with Crippen molar-refractivity contribution >= 4 is 54.5 Å². The van der Waals surface area contributed by atoms with Gasteiger partial charge in [-0.05, 0) is 33.8 Å². The van der Waals surface area contributed by atoms with Crippen LogP contribution in [0.4, 0.5) is 0 Å². The monoisotopic (exact) mass is 356 g/mol. The zero-order valence-corrected chi connectivity index (χ0v) is 13.3. The van der Waals surface area contributed by atoms with E-state index in [4.69, 9.17) is 18.0 Å². The van der Waals surface area contributed by atoms with Crippen molar-refractivity contribution in [3.63, 3.8) is 0 Å². The van der Waals surface area contributed by atoms with Crippen LogP contribution in [-0.4, -0.2) is 30.8 Å². The molecule has 0 amide bonds. The molecule has 0 aromatic carbocycles. The standard InChI is InChI=1S/C9H13BrN2O2S3/c1-2-4-12(6-8(11)15)17(13,14)9-7(10)3-5-16-9/h3,5H,2,4,6H2,1H3,(H2,11,15). The Labute approximate surface area is 119 Å². The normalized spacial score (nSPS) is 11.9. The lowest BCUT2D eigenvalue weighted by Crippen LogP contribution is -2.38. The highest BCUT2D eigenvalue weighted by molar-refractivity contribution is 9.10. The zero-order valence-electron chi connectivity index (χ0n) is 9.22. The Morgan fingerprint density at radius 2 is 2.29 bits per heavy atom. The highest BCUT2D eigenvalue weighted by Gasteiger charge is 2.27. The first-order valence-electron chi connectivity index (χ1n) is 4.91. The Hall–Kier alpha value is -0.0200. The van der Waals surface area contributed by atoms with Crippen molar-refractivity contribution in [3.8, 4) is 0 Å². The number of thiocarbonyl (C=S) groups is 1. The summed E-state index contributed by atoms with van der Waals surface area (Å²) in [6.07, 6.45) is 0.713. The van der Waals surface area contributed by atoms with Crippen LogP contribution in [-0.2, 0) is 10.0 Å². The first-order valence-corrected chi connectivity index (χ1v) is 8.43. The second-order valence-corrected chi connectivity index (χ2v) is 7.79. The summed E-state index contributed by atoms with van der Waals surface area (Å²) in [4.78, 5) is 0.176. The fourth-order valence-electron chi connectivity index (χ4n) is 1.29. The van der Waals surface area contributed by atoms with Crippen LogP contribution in [0.15, 0.2) is 20.1 Å². The van der Waals surface area contributed by atoms with Crippen molar-refractivity contribution in [3.05, 3.63) is 15.9 Å². The largest absolute Gasteiger partial charge is 0.392 e. The van der Waals surface area contributed by atoms with Crippen molar-refractivity contribution in [1.82, 2.24) is 4.31 Å². The molecule has 96 valence electrons. The van der Waals surface area contributed by atoms with Crippen LogP contribution in [0, 0.1) is 0 Å². The molecule has 0 fully saturated rings. The summed E-state index contributed by atoms with van der Waals surface area (Å²) in [5.74, 6) is 0. The summed E-state index contributed by atoms with van der Waals surface area (Å²) < 4.78 is 26.8. The number of nitrogens with two attached hydrogens (primary N) is 1. The van der Waals surface area contributed by atoms with Gasteiger partial charge in [0, 0.05) is 11.0 Å². The molecule has 0 atom stereocenters. The minimum absolute atomic E-state index is 0.0792. The van der Waals surface area contributed by atoms with Gasteiger partial charge in [0.1, 0.15) is 4.21 Å². The summed E-state index contributed by atoms with van der Waals surface area (Å²) in [7, 11) is -3.51. The molecule has 0 saturated carbocycles. The minimum atomic E-state index is -3.51. The molecule has 1 aromatic heterocycles. The number of halogens is 1. The van der Waals surface area contributed by atoms with Crippen LogP contribution in [0.2, 0.25) is 0 Å². The van der Waals surface area contributed by atoms with E-state index in [0.29, 0.717) is 21.6 Å². The number of nitrogens with zero attached hydrogens (tertiary/aromatic N) is 1. The summed E-state index contributed by atoms with van der Waals surface area (Å²) >= 11 is 9.19. The molecule has 0 radical (unpaired) electrons. The van der Waals surface area contributed by atoms with E-state index in [1.165, 1.54) is 15.6 Å². The quantitative estimate of drug-likeness (QED) is 0.793. The molecule has 0 aliphatic rings. The van der Waals surface area contributed by atoms with Gasteiger partial charge >= 0.3 is 0 Å². The van der Waals surface area contributed by atoms with Gasteiger partial charge < -0.3 is 5.73 Å². The molecule has 1 rings (SSSR count). The minimum Gasteiger partial charge on any atom is -0.392 e. The first-order chi connectivity index (χ1) is 7.89. The van der Waals surface area contributed by atoms with E-state index >= 15 is 0 Å². The molecule has 1 aromatic rings. The number of thiophene rings is 1. The van der Waals surface area contributed by atoms with Crippen molar-refractivity contribution < 1.29 is 8.42 Å². The molecule has 1 heterocycles. The van der Waals surface area contributed by atoms with E-state index in [2.05, 4.69) is 15.9 Å². The SMILES string of the molecule is CCCN(CC(N)=S)S(=O)(=O)c1sccc1Br. The summed E-state index contributed by atoms with van der Waals surface area (Å²) in [6.45, 7) is 2.39. The maximum absolute atomic E-state index is 12.3. The predicted octanol–water partition coefficient (Wildman–Crippen LogP) is 2.20. The van der Waals surface area contributed by atoms with Crippen LogP contribution >= 0.6 is 39.5 Å². The Morgan fingerprint density at radius 3 is 2.71 bits per heavy atom. The van der Waals surface area contributed by atoms with Gasteiger partial charge in [0.25, 0.3) is 10.0 Å². The van der Waals surface area contributed by atoms with E-state index in [1.807, 2.05) is 6.92 Å². The number of hydrogen-bond donors (Lipinski definition) is 1. The van der Waals surface area contributed by atoms with Gasteiger partial charge in [-0.15, -0.1) is 11.3 Å². The fourth-order valence-corrected chi connectivity index (χ4v) is 5.49. The maximum Gasteiger partial charge on any atom is 0.254 e. The van der Waals surface area contributed by atoms with Gasteiger partial charge in [-0.2, -0.15) is 4.31 Å². The zero-order chi connectivity index (χ0) is 13.1. The van der Waals surface area contributed by atoms with Crippen LogP contribution in [0.25, 0.3) is 0 Å². The third-order valence-electron chi connectivity index (χ3n) is 1.96. The summed E-state index contributed by atoms with van der Waals surface area (Å²) in [5, 5.41) is 1.72. The molecule has 8 heteroatoms. The van der Waals surface area contributed by atoms with E-state index in [9.17, 15) is 8.42 Å². The molecule has 2 N–H and O–H groups in total. The molecule has 0 unspecified atom stereocenters. The lowest BCUT2D eigenvalue weighted by Gasteiger charge is -2.20. The van der Waals surface area contributed by atoms with E-state index in [-0.39, 0.29) is 11.5 Å². The van der Waals surface area contributed by atoms with Crippen LogP contribution < -0.4 is 5.73 Å². The molecule has 17 heavy (non-hydrogen) atoms. The van der Waals surface area contributed by atoms with Crippen molar-refractivity contribution in [2.75, 3.05) is 13.1 Å². The second-order valence-electron chi connectivity index (χ2n) is 3.36. The number of rotatable bonds is 6. The Bertz CT molecular complexity index is 498. The van der Waals surface area contributed by atoms with Crippen molar-refractivity contribution in [2.24, 2.45) is 5.73 Å². The van der Waals surface area contributed by atoms with Crippen LogP contribution in [0.5, 0.6) is 0 Å². The van der Waals surface area contributed by atoms with Gasteiger partial charge in [0.15, 0.2) is 0 Å². The Balaban J connectivity index is 3.08. The number of sulfonamides is 1. The van der Waals surface area contributed by atoms with Gasteiger partial charge in [-0.3, -0.25) is 0 Å². The summed E-state index contributed by atoms with van der Waals surface area (Å²) in [5.41, 5.74) is 5.43. The molecule has 0 aliphatic carbocycles. The Morgan fingerprint density at radius 1 is 1.65 bits per heavy atom. The average molecular weight is 357 g/mol. The second kappa shape index (κ2) is 6.24. The third-order valence-corrected chi connectivity index (χ3v) is 6.59. The van der Waals surface area contributed by atoms with E-state index in [0.717, 1.165) is 0 Å². The van der Waals surface area contributed by atoms with Crippen LogP contribution in [0.3, 0.4) is 0 Å². The van der Waals surface area contributed by atoms with Crippen molar-refractivity contribution in [1.29, 1.82) is 0 Å². The summed E-state index contributed by atoms with van der Waals surface area (Å²) in [6, 6.07) is 1.71. The lowest BCUT2D eigenvalue weighted by atomic mass is 10.5. The molecule has 0 bridgehead atoms. The van der Waals surface area contributed by atoms with Crippen LogP contribution in [0.1, 0.15) is 13.3 Å². The van der Waals surface area contributed by atoms with E-state index in [1.54, 1.807) is 11.4 Å². The first kappa shape index (κ1) is 15.0. The number of hydrogen-bond acceptors (Lipinski definition) is 4. The van der Waals surface area contributed by atoms with Gasteiger partial charge in [0.05, 0.1) is 11.5 Å². The molecule has 0 spiro atoms. The van der Waals surface area contributed by atoms with E-state index < -0.39 is 10.0 Å². The molecular formula is C9H13BrN2O2S3. The highest BCUT2D eigenvalue weighted by Crippen LogP contribution is 2.30. The topological polar surface area (TPSA) is 63.4 Å². The van der Waals surface area contributed by atoms with Gasteiger partial charge in [-0.1, -0.05) is 19.1 Å². The van der Waals surface area contributed by atoms with Gasteiger partial charge in [0.2, 0.25) is 0 Å². The van der Waals surface area contributed by atoms with Crippen molar-refractivity contribution in [2.45, 2.75) is 17.6 Å². The smallest absolute Gasteiger partial charge is 0.254 e. The highest BCUT2D eigenvalue weighted by atomic mass is 79.9. The lowest BCUT2D eigenvalue weighted by molar-refractivity contribution is 0.451. The third kappa shape index (κ3) is 3.72. The van der Waals surface area contributed by atoms with Gasteiger partial charge in [-0.25, -0.2) is 8.42 Å². The maximum atomic E-state index is 12.3. The predicted molar refractivity (Wildman–Crippen MR) is 77.9 cm³/mol. The molecular weight excluding hydrogens is 344 g/mol.